The number of ether oxygens (including phenoxy) is 1. The molecule has 0 unspecified atom stereocenters. The topological polar surface area (TPSA) is 109 Å². The Bertz CT molecular complexity index is 1170. The van der Waals surface area contributed by atoms with Crippen LogP contribution in [-0.2, 0) is 23.1 Å². The largest absolute Gasteiger partial charge is 0.436 e. The minimum absolute atomic E-state index is 0.0287. The molecule has 162 valence electrons. The molecule has 3 N–H and O–H groups in total. The van der Waals surface area contributed by atoms with E-state index >= 15 is 0 Å². The summed E-state index contributed by atoms with van der Waals surface area (Å²) in [6.07, 6.45) is 1.49. The summed E-state index contributed by atoms with van der Waals surface area (Å²) in [6.45, 7) is 0.194. The number of benzene rings is 2. The maximum Gasteiger partial charge on any atom is 0.315 e. The molecule has 1 aromatic heterocycles. The van der Waals surface area contributed by atoms with E-state index < -0.39 is 21.9 Å². The standard InChI is InChI=1S/C21H21FN4O4S/c1-23-31(28,29)19-9-5-2-6-16(19)14-26-21(27)25-13-15-10-11-24-20(12-15)30-18-8-4-3-7-17(18)22/h2-12,23H,13-14H2,1H3,(H2,25,26,27). The van der Waals surface area contributed by atoms with Gasteiger partial charge in [0.2, 0.25) is 15.9 Å². The van der Waals surface area contributed by atoms with E-state index in [0.29, 0.717) is 11.1 Å². The second-order valence-corrected chi connectivity index (χ2v) is 8.24. The van der Waals surface area contributed by atoms with Gasteiger partial charge in [-0.05, 0) is 42.4 Å². The molecule has 0 spiro atoms. The van der Waals surface area contributed by atoms with E-state index in [9.17, 15) is 17.6 Å². The van der Waals surface area contributed by atoms with Crippen LogP contribution in [0.4, 0.5) is 9.18 Å². The molecule has 2 aromatic carbocycles. The monoisotopic (exact) mass is 444 g/mol. The van der Waals surface area contributed by atoms with Gasteiger partial charge < -0.3 is 15.4 Å². The van der Waals surface area contributed by atoms with E-state index in [1.165, 1.54) is 31.4 Å². The molecule has 0 saturated carbocycles. The summed E-state index contributed by atoms with van der Waals surface area (Å²) in [4.78, 5) is 16.3. The van der Waals surface area contributed by atoms with Crippen LogP contribution in [0.1, 0.15) is 11.1 Å². The second kappa shape index (κ2) is 10.0. The molecular weight excluding hydrogens is 423 g/mol. The fourth-order valence-electron chi connectivity index (χ4n) is 2.70. The Morgan fingerprint density at radius 1 is 1.03 bits per heavy atom. The number of hydrogen-bond donors (Lipinski definition) is 3. The zero-order valence-corrected chi connectivity index (χ0v) is 17.4. The van der Waals surface area contributed by atoms with Crippen molar-refractivity contribution in [3.63, 3.8) is 0 Å². The van der Waals surface area contributed by atoms with Gasteiger partial charge in [0, 0.05) is 25.4 Å². The van der Waals surface area contributed by atoms with Crippen molar-refractivity contribution < 1.29 is 22.3 Å². The van der Waals surface area contributed by atoms with Gasteiger partial charge in [-0.2, -0.15) is 0 Å². The molecule has 3 aromatic rings. The lowest BCUT2D eigenvalue weighted by Gasteiger charge is -2.12. The smallest absolute Gasteiger partial charge is 0.315 e. The third-order valence-electron chi connectivity index (χ3n) is 4.27. The number of nitrogens with one attached hydrogen (secondary N) is 3. The average molecular weight is 444 g/mol. The van der Waals surface area contributed by atoms with Crippen LogP contribution in [0.2, 0.25) is 0 Å². The van der Waals surface area contributed by atoms with Gasteiger partial charge in [-0.25, -0.2) is 27.3 Å². The summed E-state index contributed by atoms with van der Waals surface area (Å²) in [6, 6.07) is 15.2. The minimum Gasteiger partial charge on any atom is -0.436 e. The SMILES string of the molecule is CNS(=O)(=O)c1ccccc1CNC(=O)NCc1ccnc(Oc2ccccc2F)c1. The van der Waals surface area contributed by atoms with E-state index in [4.69, 9.17) is 4.74 Å². The van der Waals surface area contributed by atoms with E-state index in [2.05, 4.69) is 20.3 Å². The molecule has 0 fully saturated rings. The molecule has 0 aliphatic heterocycles. The zero-order chi connectivity index (χ0) is 22.3. The Morgan fingerprint density at radius 3 is 2.52 bits per heavy atom. The molecule has 0 radical (unpaired) electrons. The second-order valence-electron chi connectivity index (χ2n) is 6.39. The fraction of sp³-hybridized carbons (Fsp3) is 0.143. The van der Waals surface area contributed by atoms with E-state index in [1.54, 1.807) is 42.5 Å². The van der Waals surface area contributed by atoms with Crippen LogP contribution in [-0.4, -0.2) is 26.5 Å². The lowest BCUT2D eigenvalue weighted by Crippen LogP contribution is -2.35. The zero-order valence-electron chi connectivity index (χ0n) is 16.6. The number of urea groups is 1. The van der Waals surface area contributed by atoms with Crippen molar-refractivity contribution in [1.29, 1.82) is 0 Å². The summed E-state index contributed by atoms with van der Waals surface area (Å²) in [5.41, 5.74) is 1.14. The van der Waals surface area contributed by atoms with Crippen molar-refractivity contribution in [3.05, 3.63) is 83.8 Å². The number of hydrogen-bond acceptors (Lipinski definition) is 5. The molecule has 0 saturated heterocycles. The van der Waals surface area contributed by atoms with Gasteiger partial charge in [0.05, 0.1) is 4.90 Å². The highest BCUT2D eigenvalue weighted by Crippen LogP contribution is 2.22. The average Bonchev–Trinajstić information content (AvgIpc) is 2.78. The number of aromatic nitrogens is 1. The number of carbonyl (C=O) groups excluding carboxylic acids is 1. The van der Waals surface area contributed by atoms with Crippen molar-refractivity contribution in [1.82, 2.24) is 20.3 Å². The Hall–Kier alpha value is -3.50. The fourth-order valence-corrected chi connectivity index (χ4v) is 3.66. The number of pyridine rings is 1. The van der Waals surface area contributed by atoms with Gasteiger partial charge in [-0.1, -0.05) is 30.3 Å². The predicted octanol–water partition coefficient (Wildman–Crippen LogP) is 2.92. The van der Waals surface area contributed by atoms with Crippen LogP contribution in [0.5, 0.6) is 11.6 Å². The van der Waals surface area contributed by atoms with Crippen molar-refractivity contribution in [2.24, 2.45) is 0 Å². The molecule has 10 heteroatoms. The van der Waals surface area contributed by atoms with Crippen molar-refractivity contribution >= 4 is 16.1 Å². The molecule has 3 rings (SSSR count). The number of halogens is 1. The number of sulfonamides is 1. The van der Waals surface area contributed by atoms with Crippen LogP contribution in [0.3, 0.4) is 0 Å². The molecule has 0 atom stereocenters. The van der Waals surface area contributed by atoms with Gasteiger partial charge >= 0.3 is 6.03 Å². The van der Waals surface area contributed by atoms with Crippen LogP contribution < -0.4 is 20.1 Å². The normalized spacial score (nSPS) is 11.0. The lowest BCUT2D eigenvalue weighted by atomic mass is 10.2. The number of nitrogens with zero attached hydrogens (tertiary/aromatic N) is 1. The van der Waals surface area contributed by atoms with Crippen molar-refractivity contribution in [2.75, 3.05) is 7.05 Å². The third-order valence-corrected chi connectivity index (χ3v) is 5.79. The Labute approximate surface area is 179 Å². The van der Waals surface area contributed by atoms with Crippen LogP contribution in [0, 0.1) is 5.82 Å². The van der Waals surface area contributed by atoms with Crippen LogP contribution >= 0.6 is 0 Å². The van der Waals surface area contributed by atoms with Gasteiger partial charge in [0.25, 0.3) is 0 Å². The quantitative estimate of drug-likeness (QED) is 0.495. The minimum atomic E-state index is -3.63. The van der Waals surface area contributed by atoms with Gasteiger partial charge in [0.1, 0.15) is 0 Å². The summed E-state index contributed by atoms with van der Waals surface area (Å²) >= 11 is 0. The molecule has 0 aliphatic rings. The highest BCUT2D eigenvalue weighted by Gasteiger charge is 2.16. The highest BCUT2D eigenvalue weighted by molar-refractivity contribution is 7.89. The van der Waals surface area contributed by atoms with Gasteiger partial charge in [0.15, 0.2) is 11.6 Å². The molecular formula is C21H21FN4O4S. The van der Waals surface area contributed by atoms with E-state index in [-0.39, 0.29) is 29.6 Å². The van der Waals surface area contributed by atoms with Crippen LogP contribution in [0.25, 0.3) is 0 Å². The summed E-state index contributed by atoms with van der Waals surface area (Å²) in [5.74, 6) is -0.267. The van der Waals surface area contributed by atoms with Crippen molar-refractivity contribution in [3.8, 4) is 11.6 Å². The van der Waals surface area contributed by atoms with E-state index in [0.717, 1.165) is 0 Å². The molecule has 31 heavy (non-hydrogen) atoms. The van der Waals surface area contributed by atoms with Crippen molar-refractivity contribution in [2.45, 2.75) is 18.0 Å². The summed E-state index contributed by atoms with van der Waals surface area (Å²) < 4.78 is 45.6. The third kappa shape index (κ3) is 6.00. The molecule has 8 nitrogen and oxygen atoms in total. The number of amides is 2. The molecule has 1 heterocycles. The number of carbonyl (C=O) groups is 1. The Morgan fingerprint density at radius 2 is 1.74 bits per heavy atom. The first-order valence-electron chi connectivity index (χ1n) is 9.29. The highest BCUT2D eigenvalue weighted by atomic mass is 32.2. The number of rotatable bonds is 8. The summed E-state index contributed by atoms with van der Waals surface area (Å²) in [5, 5.41) is 5.30. The number of para-hydroxylation sites is 1. The van der Waals surface area contributed by atoms with E-state index in [1.807, 2.05) is 0 Å². The Kier molecular flexibility index (Phi) is 7.16. The van der Waals surface area contributed by atoms with Gasteiger partial charge in [-0.3, -0.25) is 0 Å². The maximum absolute atomic E-state index is 13.7. The molecule has 2 amide bonds. The first-order valence-corrected chi connectivity index (χ1v) is 10.8. The Balaban J connectivity index is 1.57. The first-order chi connectivity index (χ1) is 14.9. The molecule has 0 bridgehead atoms. The molecule has 0 aliphatic carbocycles. The maximum atomic E-state index is 13.7. The lowest BCUT2D eigenvalue weighted by molar-refractivity contribution is 0.240. The summed E-state index contributed by atoms with van der Waals surface area (Å²) in [7, 11) is -2.31. The van der Waals surface area contributed by atoms with Crippen LogP contribution in [0.15, 0.2) is 71.8 Å². The predicted molar refractivity (Wildman–Crippen MR) is 112 cm³/mol. The van der Waals surface area contributed by atoms with Gasteiger partial charge in [-0.15, -0.1) is 0 Å². The first kappa shape index (κ1) is 22.2.